The second-order valence-corrected chi connectivity index (χ2v) is 5.42. The predicted molar refractivity (Wildman–Crippen MR) is 66.1 cm³/mol. The predicted octanol–water partition coefficient (Wildman–Crippen LogP) is 3.30. The summed E-state index contributed by atoms with van der Waals surface area (Å²) in [6.45, 7) is 0. The zero-order valence-corrected chi connectivity index (χ0v) is 10.3. The van der Waals surface area contributed by atoms with Gasteiger partial charge in [-0.2, -0.15) is 0 Å². The maximum Gasteiger partial charge on any atom is 0.134 e. The molecule has 0 unspecified atom stereocenters. The van der Waals surface area contributed by atoms with Crippen LogP contribution in [0.3, 0.4) is 0 Å². The van der Waals surface area contributed by atoms with Gasteiger partial charge >= 0.3 is 0 Å². The molecule has 0 amide bonds. The molecular formula is C13H16O2S. The number of ether oxygens (including phenoxy) is 1. The van der Waals surface area contributed by atoms with Crippen LogP contribution in [0.25, 0.3) is 0 Å². The van der Waals surface area contributed by atoms with E-state index in [0.29, 0.717) is 11.0 Å². The molecule has 1 atom stereocenters. The average molecular weight is 236 g/mol. The summed E-state index contributed by atoms with van der Waals surface area (Å²) in [5.41, 5.74) is 0. The van der Waals surface area contributed by atoms with Crippen LogP contribution in [0.5, 0.6) is 5.75 Å². The first-order valence-corrected chi connectivity index (χ1v) is 6.48. The summed E-state index contributed by atoms with van der Waals surface area (Å²) in [6, 6.07) is 8.05. The van der Waals surface area contributed by atoms with Crippen LogP contribution in [-0.2, 0) is 4.79 Å². The summed E-state index contributed by atoms with van der Waals surface area (Å²) in [5, 5.41) is 0.467. The maximum absolute atomic E-state index is 11.3. The second kappa shape index (κ2) is 5.39. The highest BCUT2D eigenvalue weighted by atomic mass is 32.2. The Bertz CT molecular complexity index is 359. The second-order valence-electron chi connectivity index (χ2n) is 4.05. The molecule has 1 aliphatic carbocycles. The van der Waals surface area contributed by atoms with Crippen molar-refractivity contribution < 1.29 is 9.53 Å². The van der Waals surface area contributed by atoms with Crippen LogP contribution in [0.1, 0.15) is 25.7 Å². The van der Waals surface area contributed by atoms with Crippen LogP contribution in [0.15, 0.2) is 29.2 Å². The molecule has 0 spiro atoms. The molecule has 0 radical (unpaired) electrons. The first-order chi connectivity index (χ1) is 7.78. The largest absolute Gasteiger partial charge is 0.497 e. The Morgan fingerprint density at radius 3 is 2.69 bits per heavy atom. The molecule has 0 aromatic heterocycles. The van der Waals surface area contributed by atoms with E-state index in [4.69, 9.17) is 4.74 Å². The number of rotatable bonds is 3. The Kier molecular flexibility index (Phi) is 3.88. The highest BCUT2D eigenvalue weighted by Gasteiger charge is 2.20. The molecule has 0 saturated heterocycles. The lowest BCUT2D eigenvalue weighted by atomic mass is 9.99. The van der Waals surface area contributed by atoms with Gasteiger partial charge in [0, 0.05) is 23.0 Å². The highest BCUT2D eigenvalue weighted by molar-refractivity contribution is 8.00. The first-order valence-electron chi connectivity index (χ1n) is 5.60. The van der Waals surface area contributed by atoms with Gasteiger partial charge in [0.1, 0.15) is 11.5 Å². The maximum atomic E-state index is 11.3. The van der Waals surface area contributed by atoms with Gasteiger partial charge in [-0.25, -0.2) is 0 Å². The minimum Gasteiger partial charge on any atom is -0.497 e. The van der Waals surface area contributed by atoms with Crippen molar-refractivity contribution in [2.45, 2.75) is 35.8 Å². The number of thioether (sulfide) groups is 1. The lowest BCUT2D eigenvalue weighted by Gasteiger charge is -2.20. The van der Waals surface area contributed by atoms with Crippen molar-refractivity contribution in [1.29, 1.82) is 0 Å². The van der Waals surface area contributed by atoms with Crippen LogP contribution in [0.2, 0.25) is 0 Å². The quantitative estimate of drug-likeness (QED) is 0.805. The van der Waals surface area contributed by atoms with E-state index in [1.165, 1.54) is 4.90 Å². The first kappa shape index (κ1) is 11.5. The van der Waals surface area contributed by atoms with E-state index in [-0.39, 0.29) is 0 Å². The van der Waals surface area contributed by atoms with Crippen molar-refractivity contribution in [3.63, 3.8) is 0 Å². The Morgan fingerprint density at radius 1 is 1.31 bits per heavy atom. The van der Waals surface area contributed by atoms with E-state index >= 15 is 0 Å². The van der Waals surface area contributed by atoms with Gasteiger partial charge in [-0.05, 0) is 37.1 Å². The summed E-state index contributed by atoms with van der Waals surface area (Å²) in [4.78, 5) is 12.6. The van der Waals surface area contributed by atoms with Gasteiger partial charge in [-0.1, -0.05) is 0 Å². The van der Waals surface area contributed by atoms with E-state index in [1.54, 1.807) is 7.11 Å². The third kappa shape index (κ3) is 3.01. The van der Waals surface area contributed by atoms with Crippen molar-refractivity contribution in [2.24, 2.45) is 0 Å². The van der Waals surface area contributed by atoms with Crippen LogP contribution < -0.4 is 4.74 Å². The van der Waals surface area contributed by atoms with Crippen molar-refractivity contribution >= 4 is 17.5 Å². The molecule has 2 rings (SSSR count). The zero-order chi connectivity index (χ0) is 11.4. The lowest BCUT2D eigenvalue weighted by Crippen LogP contribution is -2.16. The number of carbonyl (C=O) groups is 1. The van der Waals surface area contributed by atoms with Gasteiger partial charge in [0.15, 0.2) is 0 Å². The van der Waals surface area contributed by atoms with Crippen molar-refractivity contribution in [2.75, 3.05) is 7.11 Å². The smallest absolute Gasteiger partial charge is 0.134 e. The molecule has 1 aromatic rings. The van der Waals surface area contributed by atoms with Gasteiger partial charge in [0.2, 0.25) is 0 Å². The van der Waals surface area contributed by atoms with E-state index < -0.39 is 0 Å². The molecule has 0 bridgehead atoms. The summed E-state index contributed by atoms with van der Waals surface area (Å²) >= 11 is 1.81. The number of Topliss-reactive ketones (excluding diaryl/α,β-unsaturated/α-hetero) is 1. The number of hydrogen-bond acceptors (Lipinski definition) is 3. The van der Waals surface area contributed by atoms with Gasteiger partial charge in [0.05, 0.1) is 7.11 Å². The van der Waals surface area contributed by atoms with Crippen molar-refractivity contribution in [3.05, 3.63) is 24.3 Å². The van der Waals surface area contributed by atoms with Crippen LogP contribution in [-0.4, -0.2) is 18.1 Å². The highest BCUT2D eigenvalue weighted by Crippen LogP contribution is 2.32. The van der Waals surface area contributed by atoms with E-state index in [1.807, 2.05) is 23.9 Å². The summed E-state index contributed by atoms with van der Waals surface area (Å²) in [5.74, 6) is 1.29. The fraction of sp³-hybridized carbons (Fsp3) is 0.462. The molecule has 0 heterocycles. The molecule has 3 heteroatoms. The lowest BCUT2D eigenvalue weighted by molar-refractivity contribution is -0.120. The molecule has 1 aromatic carbocycles. The monoisotopic (exact) mass is 236 g/mol. The molecule has 86 valence electrons. The van der Waals surface area contributed by atoms with Crippen LogP contribution >= 0.6 is 11.8 Å². The Labute approximate surface area is 100 Å². The third-order valence-electron chi connectivity index (χ3n) is 2.80. The SMILES string of the molecule is COc1ccc(S[C@H]2CCCC(=O)C2)cc1. The molecule has 0 aliphatic heterocycles. The third-order valence-corrected chi connectivity index (χ3v) is 4.08. The fourth-order valence-corrected chi connectivity index (χ4v) is 3.16. The number of ketones is 1. The Morgan fingerprint density at radius 2 is 2.06 bits per heavy atom. The normalized spacial score (nSPS) is 20.8. The molecule has 2 nitrogen and oxygen atoms in total. The number of hydrogen-bond donors (Lipinski definition) is 0. The van der Waals surface area contributed by atoms with Crippen molar-refractivity contribution in [1.82, 2.24) is 0 Å². The molecule has 1 saturated carbocycles. The summed E-state index contributed by atoms with van der Waals surface area (Å²) in [6.07, 6.45) is 3.71. The Balaban J connectivity index is 1.94. The van der Waals surface area contributed by atoms with E-state index in [9.17, 15) is 4.79 Å². The molecule has 16 heavy (non-hydrogen) atoms. The minimum atomic E-state index is 0.414. The minimum absolute atomic E-state index is 0.414. The summed E-state index contributed by atoms with van der Waals surface area (Å²) in [7, 11) is 1.67. The van der Waals surface area contributed by atoms with Gasteiger partial charge in [-0.3, -0.25) is 4.79 Å². The summed E-state index contributed by atoms with van der Waals surface area (Å²) < 4.78 is 5.11. The standard InChI is InChI=1S/C13H16O2S/c1-15-11-5-7-12(8-6-11)16-13-4-2-3-10(14)9-13/h5-8,13H,2-4,9H2,1H3/t13-/m0/s1. The number of carbonyl (C=O) groups excluding carboxylic acids is 1. The average Bonchev–Trinajstić information content (AvgIpc) is 2.30. The molecular weight excluding hydrogens is 220 g/mol. The molecule has 1 fully saturated rings. The number of benzene rings is 1. The van der Waals surface area contributed by atoms with Crippen LogP contribution in [0, 0.1) is 0 Å². The van der Waals surface area contributed by atoms with Gasteiger partial charge < -0.3 is 4.74 Å². The van der Waals surface area contributed by atoms with E-state index in [0.717, 1.165) is 31.4 Å². The van der Waals surface area contributed by atoms with Crippen LogP contribution in [0.4, 0.5) is 0 Å². The molecule has 0 N–H and O–H groups in total. The zero-order valence-electron chi connectivity index (χ0n) is 9.44. The topological polar surface area (TPSA) is 26.3 Å². The Hall–Kier alpha value is -0.960. The molecule has 1 aliphatic rings. The fourth-order valence-electron chi connectivity index (χ4n) is 1.93. The van der Waals surface area contributed by atoms with E-state index in [2.05, 4.69) is 12.1 Å². The van der Waals surface area contributed by atoms with Gasteiger partial charge in [0.25, 0.3) is 0 Å². The van der Waals surface area contributed by atoms with Gasteiger partial charge in [-0.15, -0.1) is 11.8 Å². The number of methoxy groups -OCH3 is 1. The van der Waals surface area contributed by atoms with Crippen molar-refractivity contribution in [3.8, 4) is 5.75 Å².